The third-order valence-electron chi connectivity index (χ3n) is 10.4. The Labute approximate surface area is 365 Å². The molecule has 0 aliphatic rings. The van der Waals surface area contributed by atoms with Crippen LogP contribution in [0.5, 0.6) is 0 Å². The first-order valence-corrected chi connectivity index (χ1v) is 25.9. The summed E-state index contributed by atoms with van der Waals surface area (Å²) in [5.41, 5.74) is 0. The molecule has 0 saturated heterocycles. The van der Waals surface area contributed by atoms with Crippen molar-refractivity contribution < 1.29 is 37.3 Å². The number of phosphoric ester groups is 1. The van der Waals surface area contributed by atoms with Gasteiger partial charge in [-0.15, -0.1) is 0 Å². The lowest BCUT2D eigenvalue weighted by Gasteiger charge is -2.24. The van der Waals surface area contributed by atoms with Gasteiger partial charge in [-0.25, -0.2) is 4.57 Å². The van der Waals surface area contributed by atoms with Crippen LogP contribution in [0, 0.1) is 0 Å². The molecule has 0 aliphatic heterocycles. The van der Waals surface area contributed by atoms with Gasteiger partial charge in [0.15, 0.2) is 0 Å². The zero-order chi connectivity index (χ0) is 43.4. The summed E-state index contributed by atoms with van der Waals surface area (Å²) in [5.74, 6) is -0.318. The van der Waals surface area contributed by atoms with Crippen molar-refractivity contribution in [2.75, 3.05) is 54.1 Å². The number of nitrogens with zero attached hydrogens (tertiary/aromatic N) is 1. The van der Waals surface area contributed by atoms with Crippen LogP contribution in [0.3, 0.4) is 0 Å². The van der Waals surface area contributed by atoms with E-state index < -0.39 is 13.9 Å². The van der Waals surface area contributed by atoms with Gasteiger partial charge < -0.3 is 18.9 Å². The Balaban J connectivity index is 4.18. The molecule has 2 atom stereocenters. The number of carbonyl (C=O) groups is 1. The predicted molar refractivity (Wildman–Crippen MR) is 252 cm³/mol. The average Bonchev–Trinajstić information content (AvgIpc) is 3.19. The van der Waals surface area contributed by atoms with Crippen LogP contribution in [0.25, 0.3) is 0 Å². The predicted octanol–water partition coefficient (Wildman–Crippen LogP) is 14.7. The van der Waals surface area contributed by atoms with Gasteiger partial charge in [-0.3, -0.25) is 13.8 Å². The molecule has 59 heavy (non-hydrogen) atoms. The summed E-state index contributed by atoms with van der Waals surface area (Å²) >= 11 is 0. The van der Waals surface area contributed by atoms with Crippen molar-refractivity contribution in [2.24, 2.45) is 0 Å². The third kappa shape index (κ3) is 47.4. The van der Waals surface area contributed by atoms with Crippen LogP contribution < -0.4 is 0 Å². The molecular weight excluding hydrogens is 758 g/mol. The molecule has 0 aromatic rings. The fourth-order valence-electron chi connectivity index (χ4n) is 6.62. The molecule has 0 amide bonds. The standard InChI is InChI=1S/C50H94NO7P/c1-6-8-10-12-14-16-18-20-22-24-26-27-29-31-33-35-37-39-41-43-50(52)58-49(48-57-59(53,54)56-46-44-51(3,4)5)47-55-45-42-40-38-36-34-32-30-28-25-23-21-19-17-15-13-11-9-7-2/h9,11,15,17,20-23,49H,6-8,10,12-14,16,18-19,24-48H2,1-5H3/p+1/b11-9-,17-15-,22-20-,23-21-. The molecule has 0 rings (SSSR count). The Morgan fingerprint density at radius 2 is 0.983 bits per heavy atom. The second-order valence-electron chi connectivity index (χ2n) is 17.5. The first kappa shape index (κ1) is 57.5. The monoisotopic (exact) mass is 853 g/mol. The van der Waals surface area contributed by atoms with Gasteiger partial charge in [0.2, 0.25) is 0 Å². The number of carbonyl (C=O) groups excluding carboxylic acids is 1. The molecule has 346 valence electrons. The Kier molecular flexibility index (Phi) is 42.0. The maximum atomic E-state index is 12.7. The molecule has 8 nitrogen and oxygen atoms in total. The zero-order valence-corrected chi connectivity index (χ0v) is 40.1. The van der Waals surface area contributed by atoms with Crippen molar-refractivity contribution in [1.29, 1.82) is 0 Å². The molecule has 0 aliphatic carbocycles. The summed E-state index contributed by atoms with van der Waals surface area (Å²) in [6, 6.07) is 0. The second-order valence-corrected chi connectivity index (χ2v) is 18.9. The van der Waals surface area contributed by atoms with Crippen molar-refractivity contribution in [1.82, 2.24) is 0 Å². The highest BCUT2D eigenvalue weighted by molar-refractivity contribution is 7.47. The number of hydrogen-bond acceptors (Lipinski definition) is 6. The number of likely N-dealkylation sites (N-methyl/N-ethyl adjacent to an activating group) is 1. The summed E-state index contributed by atoms with van der Waals surface area (Å²) in [4.78, 5) is 23.0. The van der Waals surface area contributed by atoms with E-state index in [9.17, 15) is 14.3 Å². The molecule has 9 heteroatoms. The molecule has 0 spiro atoms. The quantitative estimate of drug-likeness (QED) is 0.0214. The van der Waals surface area contributed by atoms with Crippen LogP contribution >= 0.6 is 7.82 Å². The molecule has 0 bridgehead atoms. The van der Waals surface area contributed by atoms with Crippen LogP contribution in [-0.4, -0.2) is 75.6 Å². The number of unbranched alkanes of at least 4 members (excludes halogenated alkanes) is 23. The zero-order valence-electron chi connectivity index (χ0n) is 39.2. The number of rotatable bonds is 45. The highest BCUT2D eigenvalue weighted by Gasteiger charge is 2.26. The highest BCUT2D eigenvalue weighted by atomic mass is 31.2. The maximum absolute atomic E-state index is 12.7. The number of esters is 1. The average molecular weight is 853 g/mol. The van der Waals surface area contributed by atoms with Gasteiger partial charge in [0, 0.05) is 13.0 Å². The summed E-state index contributed by atoms with van der Waals surface area (Å²) in [6.07, 6.45) is 52.9. The number of ether oxygens (including phenoxy) is 2. The van der Waals surface area contributed by atoms with Crippen LogP contribution in [0.4, 0.5) is 0 Å². The first-order valence-electron chi connectivity index (χ1n) is 24.4. The molecule has 2 unspecified atom stereocenters. The third-order valence-corrected chi connectivity index (χ3v) is 11.4. The molecule has 1 N–H and O–H groups in total. The molecule has 0 radical (unpaired) electrons. The minimum Gasteiger partial charge on any atom is -0.457 e. The van der Waals surface area contributed by atoms with E-state index in [1.165, 1.54) is 135 Å². The van der Waals surface area contributed by atoms with Crippen LogP contribution in [0.15, 0.2) is 48.6 Å². The Morgan fingerprint density at radius 3 is 1.49 bits per heavy atom. The SMILES string of the molecule is CC/C=C\C/C=C\C/C=C\CCCCCCCCCCOCC(COP(=O)(O)OCC[N+](C)(C)C)OC(=O)CCCCCCCCCCC/C=C\CCCCCCCC. The Morgan fingerprint density at radius 1 is 0.542 bits per heavy atom. The van der Waals surface area contributed by atoms with E-state index in [-0.39, 0.29) is 25.8 Å². The number of phosphoric acid groups is 1. The number of allylic oxidation sites excluding steroid dienone is 8. The number of hydrogen-bond donors (Lipinski definition) is 1. The minimum absolute atomic E-state index is 0.0857. The van der Waals surface area contributed by atoms with Gasteiger partial charge in [-0.1, -0.05) is 178 Å². The Bertz CT molecular complexity index is 1080. The molecule has 0 aromatic carbocycles. The number of quaternary nitrogens is 1. The highest BCUT2D eigenvalue weighted by Crippen LogP contribution is 2.43. The second kappa shape index (κ2) is 43.1. The first-order chi connectivity index (χ1) is 28.6. The van der Waals surface area contributed by atoms with E-state index >= 15 is 0 Å². The lowest BCUT2D eigenvalue weighted by Crippen LogP contribution is -2.37. The lowest BCUT2D eigenvalue weighted by atomic mass is 10.1. The molecule has 0 heterocycles. The summed E-state index contributed by atoms with van der Waals surface area (Å²) in [6.45, 7) is 5.51. The van der Waals surface area contributed by atoms with Crippen LogP contribution in [0.1, 0.15) is 206 Å². The van der Waals surface area contributed by atoms with Crippen LogP contribution in [-0.2, 0) is 27.9 Å². The molecule has 0 aromatic heterocycles. The largest absolute Gasteiger partial charge is 0.472 e. The van der Waals surface area contributed by atoms with Crippen molar-refractivity contribution in [3.8, 4) is 0 Å². The fraction of sp³-hybridized carbons (Fsp3) is 0.820. The van der Waals surface area contributed by atoms with Crippen LogP contribution in [0.2, 0.25) is 0 Å². The maximum Gasteiger partial charge on any atom is 0.472 e. The van der Waals surface area contributed by atoms with Gasteiger partial charge in [0.1, 0.15) is 19.3 Å². The minimum atomic E-state index is -4.28. The lowest BCUT2D eigenvalue weighted by molar-refractivity contribution is -0.870. The van der Waals surface area contributed by atoms with E-state index in [0.717, 1.165) is 51.4 Å². The molecule has 0 saturated carbocycles. The van der Waals surface area contributed by atoms with E-state index in [0.29, 0.717) is 24.1 Å². The summed E-state index contributed by atoms with van der Waals surface area (Å²) in [5, 5.41) is 0. The van der Waals surface area contributed by atoms with E-state index in [1.54, 1.807) is 0 Å². The van der Waals surface area contributed by atoms with E-state index in [1.807, 2.05) is 21.1 Å². The van der Waals surface area contributed by atoms with E-state index in [4.69, 9.17) is 18.5 Å². The smallest absolute Gasteiger partial charge is 0.457 e. The fourth-order valence-corrected chi connectivity index (χ4v) is 7.36. The van der Waals surface area contributed by atoms with Crippen molar-refractivity contribution >= 4 is 13.8 Å². The normalized spacial score (nSPS) is 14.1. The van der Waals surface area contributed by atoms with Gasteiger partial charge >= 0.3 is 13.8 Å². The molecule has 0 fully saturated rings. The van der Waals surface area contributed by atoms with Gasteiger partial charge in [-0.05, 0) is 70.6 Å². The molecular formula is C50H95NO7P+. The van der Waals surface area contributed by atoms with Crippen molar-refractivity contribution in [3.05, 3.63) is 48.6 Å². The van der Waals surface area contributed by atoms with Gasteiger partial charge in [-0.2, -0.15) is 0 Å². The topological polar surface area (TPSA) is 91.3 Å². The van der Waals surface area contributed by atoms with Gasteiger partial charge in [0.25, 0.3) is 0 Å². The summed E-state index contributed by atoms with van der Waals surface area (Å²) < 4.78 is 35.1. The van der Waals surface area contributed by atoms with Gasteiger partial charge in [0.05, 0.1) is 34.4 Å². The Hall–Kier alpha value is -1.54. The summed E-state index contributed by atoms with van der Waals surface area (Å²) in [7, 11) is 1.66. The van der Waals surface area contributed by atoms with Crippen molar-refractivity contribution in [2.45, 2.75) is 213 Å². The van der Waals surface area contributed by atoms with E-state index in [2.05, 4.69) is 62.5 Å². The van der Waals surface area contributed by atoms with Crippen molar-refractivity contribution in [3.63, 3.8) is 0 Å².